The summed E-state index contributed by atoms with van der Waals surface area (Å²) >= 11 is 0. The summed E-state index contributed by atoms with van der Waals surface area (Å²) in [5.74, 6) is 0.644. The van der Waals surface area contributed by atoms with Crippen LogP contribution in [0.4, 0.5) is 0 Å². The van der Waals surface area contributed by atoms with Gasteiger partial charge in [0.2, 0.25) is 0 Å². The van der Waals surface area contributed by atoms with E-state index >= 15 is 0 Å². The van der Waals surface area contributed by atoms with Crippen LogP contribution < -0.4 is 5.32 Å². The van der Waals surface area contributed by atoms with Crippen molar-refractivity contribution in [2.24, 2.45) is 5.92 Å². The average Bonchev–Trinajstić information content (AvgIpc) is 2.09. The fraction of sp³-hybridized carbons (Fsp3) is 1.00. The maximum absolute atomic E-state index is 5.64. The summed E-state index contributed by atoms with van der Waals surface area (Å²) in [5, 5.41) is 3.37. The Bertz CT molecular complexity index is 104. The van der Waals surface area contributed by atoms with Crippen LogP contribution in [0, 0.1) is 5.92 Å². The lowest BCUT2D eigenvalue weighted by atomic mass is 10.2. The highest BCUT2D eigenvalue weighted by Crippen LogP contribution is 2.00. The van der Waals surface area contributed by atoms with E-state index in [0.717, 1.165) is 26.1 Å². The molecular weight excluding hydrogens is 162 g/mol. The molecule has 2 nitrogen and oxygen atoms in total. The smallest absolute Gasteiger partial charge is 0.0559 e. The first-order chi connectivity index (χ1) is 6.16. The molecule has 1 N–H and O–H groups in total. The Morgan fingerprint density at radius 1 is 1.15 bits per heavy atom. The van der Waals surface area contributed by atoms with Crippen LogP contribution in [0.1, 0.15) is 40.5 Å². The summed E-state index contributed by atoms with van der Waals surface area (Å²) in [6, 6.07) is 0. The van der Waals surface area contributed by atoms with E-state index in [1.807, 2.05) is 0 Å². The van der Waals surface area contributed by atoms with Crippen LogP contribution in [0.3, 0.4) is 0 Å². The predicted molar refractivity (Wildman–Crippen MR) is 58.0 cm³/mol. The van der Waals surface area contributed by atoms with Crippen LogP contribution in [-0.2, 0) is 4.74 Å². The number of hydrogen-bond donors (Lipinski definition) is 1. The van der Waals surface area contributed by atoms with Crippen molar-refractivity contribution < 1.29 is 4.74 Å². The maximum Gasteiger partial charge on any atom is 0.0559 e. The summed E-state index contributed by atoms with van der Waals surface area (Å²) in [5.41, 5.74) is 0. The molecule has 0 aromatic heterocycles. The van der Waals surface area contributed by atoms with Gasteiger partial charge >= 0.3 is 0 Å². The first-order valence-electron chi connectivity index (χ1n) is 5.49. The molecule has 0 heterocycles. The Morgan fingerprint density at radius 2 is 1.85 bits per heavy atom. The molecule has 0 aromatic rings. The molecule has 0 saturated heterocycles. The topological polar surface area (TPSA) is 21.3 Å². The van der Waals surface area contributed by atoms with Crippen LogP contribution in [0.2, 0.25) is 0 Å². The Morgan fingerprint density at radius 3 is 2.38 bits per heavy atom. The quantitative estimate of drug-likeness (QED) is 0.589. The molecule has 0 aromatic carbocycles. The minimum Gasteiger partial charge on any atom is -0.378 e. The summed E-state index contributed by atoms with van der Waals surface area (Å²) < 4.78 is 5.64. The van der Waals surface area contributed by atoms with Gasteiger partial charge in [-0.25, -0.2) is 0 Å². The predicted octanol–water partition coefficient (Wildman–Crippen LogP) is 2.44. The van der Waals surface area contributed by atoms with Gasteiger partial charge in [-0.2, -0.15) is 0 Å². The van der Waals surface area contributed by atoms with Crippen LogP contribution in [0.25, 0.3) is 0 Å². The standard InChI is InChI=1S/C11H25NO/c1-5-7-12-8-6-11(4)13-9-10(2)3/h10-12H,5-9H2,1-4H3. The van der Waals surface area contributed by atoms with E-state index in [9.17, 15) is 0 Å². The molecule has 0 saturated carbocycles. The van der Waals surface area contributed by atoms with Crippen molar-refractivity contribution in [2.75, 3.05) is 19.7 Å². The molecule has 0 fully saturated rings. The molecule has 0 radical (unpaired) electrons. The monoisotopic (exact) mass is 187 g/mol. The third-order valence-electron chi connectivity index (χ3n) is 1.87. The molecule has 2 heteroatoms. The van der Waals surface area contributed by atoms with Crippen molar-refractivity contribution >= 4 is 0 Å². The molecule has 0 bridgehead atoms. The van der Waals surface area contributed by atoms with Crippen LogP contribution >= 0.6 is 0 Å². The number of ether oxygens (including phenoxy) is 1. The minimum atomic E-state index is 0.395. The van der Waals surface area contributed by atoms with E-state index in [1.165, 1.54) is 6.42 Å². The second-order valence-corrected chi connectivity index (χ2v) is 4.08. The van der Waals surface area contributed by atoms with Crippen molar-refractivity contribution in [3.8, 4) is 0 Å². The van der Waals surface area contributed by atoms with E-state index in [0.29, 0.717) is 12.0 Å². The second kappa shape index (κ2) is 8.52. The van der Waals surface area contributed by atoms with Gasteiger partial charge in [0.1, 0.15) is 0 Å². The van der Waals surface area contributed by atoms with Crippen LogP contribution in [-0.4, -0.2) is 25.8 Å². The van der Waals surface area contributed by atoms with Crippen molar-refractivity contribution in [2.45, 2.75) is 46.6 Å². The lowest BCUT2D eigenvalue weighted by molar-refractivity contribution is 0.0427. The molecule has 0 rings (SSSR count). The van der Waals surface area contributed by atoms with E-state index in [1.54, 1.807) is 0 Å². The third kappa shape index (κ3) is 9.84. The summed E-state index contributed by atoms with van der Waals surface area (Å²) in [6.07, 6.45) is 2.72. The Kier molecular flexibility index (Phi) is 8.46. The Hall–Kier alpha value is -0.0800. The van der Waals surface area contributed by atoms with Gasteiger partial charge in [0.15, 0.2) is 0 Å². The normalized spacial score (nSPS) is 13.6. The van der Waals surface area contributed by atoms with E-state index in [4.69, 9.17) is 4.74 Å². The highest BCUT2D eigenvalue weighted by atomic mass is 16.5. The van der Waals surface area contributed by atoms with Gasteiger partial charge in [-0.05, 0) is 38.8 Å². The van der Waals surface area contributed by atoms with Crippen molar-refractivity contribution in [3.63, 3.8) is 0 Å². The van der Waals surface area contributed by atoms with Crippen molar-refractivity contribution in [1.82, 2.24) is 5.32 Å². The number of hydrogen-bond acceptors (Lipinski definition) is 2. The molecule has 0 aliphatic rings. The summed E-state index contributed by atoms with van der Waals surface area (Å²) in [4.78, 5) is 0. The fourth-order valence-electron chi connectivity index (χ4n) is 1.05. The summed E-state index contributed by atoms with van der Waals surface area (Å²) in [6.45, 7) is 11.8. The fourth-order valence-corrected chi connectivity index (χ4v) is 1.05. The van der Waals surface area contributed by atoms with E-state index < -0.39 is 0 Å². The zero-order chi connectivity index (χ0) is 10.1. The van der Waals surface area contributed by atoms with Crippen molar-refractivity contribution in [3.05, 3.63) is 0 Å². The molecule has 80 valence electrons. The largest absolute Gasteiger partial charge is 0.378 e. The van der Waals surface area contributed by atoms with Gasteiger partial charge in [-0.3, -0.25) is 0 Å². The molecule has 0 amide bonds. The van der Waals surface area contributed by atoms with Gasteiger partial charge in [0.05, 0.1) is 6.10 Å². The Balaban J connectivity index is 3.15. The van der Waals surface area contributed by atoms with E-state index in [2.05, 4.69) is 33.0 Å². The zero-order valence-electron chi connectivity index (χ0n) is 9.60. The maximum atomic E-state index is 5.64. The van der Waals surface area contributed by atoms with Gasteiger partial charge in [0, 0.05) is 6.61 Å². The molecule has 0 aliphatic heterocycles. The molecule has 1 atom stereocenters. The first kappa shape index (κ1) is 12.9. The summed E-state index contributed by atoms with van der Waals surface area (Å²) in [7, 11) is 0. The lowest BCUT2D eigenvalue weighted by Crippen LogP contribution is -2.22. The average molecular weight is 187 g/mol. The minimum absolute atomic E-state index is 0.395. The SMILES string of the molecule is CCCNCCC(C)OCC(C)C. The number of rotatable bonds is 8. The molecule has 1 unspecified atom stereocenters. The highest BCUT2D eigenvalue weighted by Gasteiger charge is 2.02. The van der Waals surface area contributed by atoms with E-state index in [-0.39, 0.29) is 0 Å². The highest BCUT2D eigenvalue weighted by molar-refractivity contribution is 4.54. The zero-order valence-corrected chi connectivity index (χ0v) is 9.60. The van der Waals surface area contributed by atoms with Gasteiger partial charge in [0.25, 0.3) is 0 Å². The van der Waals surface area contributed by atoms with Gasteiger partial charge < -0.3 is 10.1 Å². The van der Waals surface area contributed by atoms with Crippen LogP contribution in [0.15, 0.2) is 0 Å². The third-order valence-corrected chi connectivity index (χ3v) is 1.87. The number of nitrogens with one attached hydrogen (secondary N) is 1. The molecule has 0 aliphatic carbocycles. The molecular formula is C11H25NO. The van der Waals surface area contributed by atoms with Gasteiger partial charge in [-0.1, -0.05) is 20.8 Å². The molecule has 0 spiro atoms. The van der Waals surface area contributed by atoms with Crippen LogP contribution in [0.5, 0.6) is 0 Å². The first-order valence-corrected chi connectivity index (χ1v) is 5.49. The second-order valence-electron chi connectivity index (χ2n) is 4.08. The lowest BCUT2D eigenvalue weighted by Gasteiger charge is -2.14. The van der Waals surface area contributed by atoms with Gasteiger partial charge in [-0.15, -0.1) is 0 Å². The van der Waals surface area contributed by atoms with Crippen molar-refractivity contribution in [1.29, 1.82) is 0 Å². The molecule has 13 heavy (non-hydrogen) atoms. The Labute approximate surface area is 83.1 Å².